The van der Waals surface area contributed by atoms with Crippen molar-refractivity contribution < 1.29 is 9.53 Å². The lowest BCUT2D eigenvalue weighted by Crippen LogP contribution is -2.41. The summed E-state index contributed by atoms with van der Waals surface area (Å²) in [6.45, 7) is 2.22. The molecule has 5 heteroatoms. The van der Waals surface area contributed by atoms with Gasteiger partial charge < -0.3 is 15.8 Å². The predicted molar refractivity (Wildman–Crippen MR) is 87.7 cm³/mol. The van der Waals surface area contributed by atoms with Crippen LogP contribution in [0.5, 0.6) is 5.75 Å². The van der Waals surface area contributed by atoms with E-state index in [2.05, 4.69) is 12.2 Å². The van der Waals surface area contributed by atoms with Gasteiger partial charge in [0.1, 0.15) is 5.75 Å². The zero-order valence-electron chi connectivity index (χ0n) is 12.7. The van der Waals surface area contributed by atoms with E-state index >= 15 is 0 Å². The van der Waals surface area contributed by atoms with Gasteiger partial charge in [0, 0.05) is 22.7 Å². The number of nitrogens with one attached hydrogen (secondary N) is 1. The third kappa shape index (κ3) is 4.56. The van der Waals surface area contributed by atoms with Crippen LogP contribution in [-0.2, 0) is 4.79 Å². The highest BCUT2D eigenvalue weighted by molar-refractivity contribution is 8.00. The molecule has 0 saturated heterocycles. The molecule has 116 valence electrons. The van der Waals surface area contributed by atoms with Gasteiger partial charge in [0.2, 0.25) is 5.91 Å². The molecule has 4 nitrogen and oxygen atoms in total. The Morgan fingerprint density at radius 1 is 1.43 bits per heavy atom. The minimum Gasteiger partial charge on any atom is -0.496 e. The van der Waals surface area contributed by atoms with Gasteiger partial charge in [0.15, 0.2) is 0 Å². The maximum atomic E-state index is 12.1. The predicted octanol–water partition coefficient (Wildman–Crippen LogP) is 3.06. The van der Waals surface area contributed by atoms with E-state index in [-0.39, 0.29) is 5.91 Å². The molecular weight excluding hydrogens is 284 g/mol. The van der Waals surface area contributed by atoms with Crippen molar-refractivity contribution in [3.05, 3.63) is 18.2 Å². The number of nitrogens with two attached hydrogens (primary N) is 1. The summed E-state index contributed by atoms with van der Waals surface area (Å²) >= 11 is 1.49. The molecule has 1 fully saturated rings. The molecule has 1 aromatic rings. The van der Waals surface area contributed by atoms with Gasteiger partial charge >= 0.3 is 0 Å². The smallest absolute Gasteiger partial charge is 0.230 e. The maximum Gasteiger partial charge on any atom is 0.230 e. The van der Waals surface area contributed by atoms with Crippen LogP contribution in [-0.4, -0.2) is 24.8 Å². The van der Waals surface area contributed by atoms with Gasteiger partial charge in [-0.2, -0.15) is 0 Å². The highest BCUT2D eigenvalue weighted by atomic mass is 32.2. The first-order valence-corrected chi connectivity index (χ1v) is 8.44. The molecule has 0 spiro atoms. The maximum absolute atomic E-state index is 12.1. The van der Waals surface area contributed by atoms with Crippen LogP contribution in [0.25, 0.3) is 0 Å². The third-order valence-electron chi connectivity index (χ3n) is 4.00. The number of ether oxygens (including phenoxy) is 1. The fourth-order valence-corrected chi connectivity index (χ4v) is 3.54. The molecule has 0 aromatic heterocycles. The van der Waals surface area contributed by atoms with E-state index in [1.54, 1.807) is 13.2 Å². The summed E-state index contributed by atoms with van der Waals surface area (Å²) in [6.07, 6.45) is 4.81. The van der Waals surface area contributed by atoms with E-state index in [1.165, 1.54) is 31.0 Å². The Bertz CT molecular complexity index is 493. The summed E-state index contributed by atoms with van der Waals surface area (Å²) in [5, 5.41) is 3.16. The average Bonchev–Trinajstić information content (AvgIpc) is 2.48. The van der Waals surface area contributed by atoms with E-state index < -0.39 is 0 Å². The van der Waals surface area contributed by atoms with Crippen LogP contribution in [0.3, 0.4) is 0 Å². The van der Waals surface area contributed by atoms with Crippen LogP contribution >= 0.6 is 11.8 Å². The zero-order valence-corrected chi connectivity index (χ0v) is 13.5. The van der Waals surface area contributed by atoms with E-state index in [1.807, 2.05) is 12.1 Å². The number of methoxy groups -OCH3 is 1. The number of anilines is 1. The van der Waals surface area contributed by atoms with Gasteiger partial charge in [0.05, 0.1) is 12.9 Å². The molecule has 2 unspecified atom stereocenters. The number of rotatable bonds is 5. The summed E-state index contributed by atoms with van der Waals surface area (Å²) in [6, 6.07) is 5.84. The number of thioether (sulfide) groups is 1. The second-order valence-electron chi connectivity index (χ2n) is 5.63. The van der Waals surface area contributed by atoms with Gasteiger partial charge in [0.25, 0.3) is 0 Å². The van der Waals surface area contributed by atoms with Crippen molar-refractivity contribution in [3.63, 3.8) is 0 Å². The number of hydrogen-bond acceptors (Lipinski definition) is 4. The minimum atomic E-state index is 0.0950. The minimum absolute atomic E-state index is 0.0950. The molecule has 0 heterocycles. The molecule has 21 heavy (non-hydrogen) atoms. The summed E-state index contributed by atoms with van der Waals surface area (Å²) in [5.74, 6) is 1.80. The van der Waals surface area contributed by atoms with Crippen molar-refractivity contribution >= 4 is 23.4 Å². The van der Waals surface area contributed by atoms with Crippen molar-refractivity contribution in [3.8, 4) is 5.75 Å². The monoisotopic (exact) mass is 308 g/mol. The Kier molecular flexibility index (Phi) is 5.79. The lowest BCUT2D eigenvalue weighted by Gasteiger charge is -2.29. The van der Waals surface area contributed by atoms with Crippen LogP contribution in [0.1, 0.15) is 32.6 Å². The van der Waals surface area contributed by atoms with Gasteiger partial charge in [-0.15, -0.1) is 11.8 Å². The van der Waals surface area contributed by atoms with Crippen molar-refractivity contribution in [2.75, 3.05) is 18.6 Å². The summed E-state index contributed by atoms with van der Waals surface area (Å²) in [4.78, 5) is 13.0. The van der Waals surface area contributed by atoms with E-state index in [0.717, 1.165) is 17.1 Å². The molecule has 2 rings (SSSR count). The Morgan fingerprint density at radius 3 is 2.90 bits per heavy atom. The van der Waals surface area contributed by atoms with Gasteiger partial charge in [-0.3, -0.25) is 4.79 Å². The third-order valence-corrected chi connectivity index (χ3v) is 5.06. The highest BCUT2D eigenvalue weighted by Gasteiger charge is 2.22. The van der Waals surface area contributed by atoms with Crippen LogP contribution < -0.4 is 15.8 Å². The lowest BCUT2D eigenvalue weighted by molar-refractivity contribution is -0.119. The van der Waals surface area contributed by atoms with Crippen LogP contribution in [0.2, 0.25) is 0 Å². The molecular formula is C16H24N2O2S. The topological polar surface area (TPSA) is 64.3 Å². The molecule has 1 amide bonds. The van der Waals surface area contributed by atoms with Gasteiger partial charge in [-0.05, 0) is 30.9 Å². The van der Waals surface area contributed by atoms with E-state index in [4.69, 9.17) is 10.5 Å². The van der Waals surface area contributed by atoms with Crippen molar-refractivity contribution in [1.82, 2.24) is 5.32 Å². The second-order valence-corrected chi connectivity index (χ2v) is 6.65. The number of nitrogen functional groups attached to an aromatic ring is 1. The fraction of sp³-hybridized carbons (Fsp3) is 0.562. The first-order chi connectivity index (χ1) is 10.1. The number of benzene rings is 1. The Hall–Kier alpha value is -1.36. The number of carbonyl (C=O) groups excluding carboxylic acids is 1. The second kappa shape index (κ2) is 7.59. The van der Waals surface area contributed by atoms with Crippen LogP contribution in [0.4, 0.5) is 5.69 Å². The molecule has 3 N–H and O–H groups in total. The van der Waals surface area contributed by atoms with Crippen molar-refractivity contribution in [1.29, 1.82) is 0 Å². The van der Waals surface area contributed by atoms with Crippen molar-refractivity contribution in [2.24, 2.45) is 5.92 Å². The lowest BCUT2D eigenvalue weighted by atomic mass is 9.86. The molecule has 1 aromatic carbocycles. The van der Waals surface area contributed by atoms with E-state index in [0.29, 0.717) is 23.4 Å². The first-order valence-electron chi connectivity index (χ1n) is 7.46. The average molecular weight is 308 g/mol. The van der Waals surface area contributed by atoms with Crippen LogP contribution in [0.15, 0.2) is 23.1 Å². The summed E-state index contributed by atoms with van der Waals surface area (Å²) < 4.78 is 5.29. The molecule has 0 aliphatic heterocycles. The van der Waals surface area contributed by atoms with E-state index in [9.17, 15) is 4.79 Å². The summed E-state index contributed by atoms with van der Waals surface area (Å²) in [7, 11) is 1.61. The first kappa shape index (κ1) is 16.0. The SMILES string of the molecule is COc1cc(N)ccc1SCC(=O)NC1CCCCC1C. The summed E-state index contributed by atoms with van der Waals surface area (Å²) in [5.41, 5.74) is 6.39. The molecule has 2 atom stereocenters. The van der Waals surface area contributed by atoms with Gasteiger partial charge in [-0.25, -0.2) is 0 Å². The Labute approximate surface area is 130 Å². The number of carbonyl (C=O) groups is 1. The molecule has 0 bridgehead atoms. The number of amides is 1. The standard InChI is InChI=1S/C16H24N2O2S/c1-11-5-3-4-6-13(11)18-16(19)10-21-15-8-7-12(17)9-14(15)20-2/h7-9,11,13H,3-6,10,17H2,1-2H3,(H,18,19). The highest BCUT2D eigenvalue weighted by Crippen LogP contribution is 2.31. The van der Waals surface area contributed by atoms with Crippen molar-refractivity contribution in [2.45, 2.75) is 43.5 Å². The van der Waals surface area contributed by atoms with Crippen LogP contribution in [0, 0.1) is 5.92 Å². The fourth-order valence-electron chi connectivity index (χ4n) is 2.73. The van der Waals surface area contributed by atoms with Gasteiger partial charge in [-0.1, -0.05) is 19.8 Å². The molecule has 1 aliphatic carbocycles. The number of hydrogen-bond donors (Lipinski definition) is 2. The normalized spacial score (nSPS) is 21.8. The molecule has 1 saturated carbocycles. The quantitative estimate of drug-likeness (QED) is 0.648. The molecule has 0 radical (unpaired) electrons. The Morgan fingerprint density at radius 2 is 2.19 bits per heavy atom. The molecule has 1 aliphatic rings. The largest absolute Gasteiger partial charge is 0.496 e. The Balaban J connectivity index is 1.86. The zero-order chi connectivity index (χ0) is 15.2.